The maximum absolute atomic E-state index is 12.8. The van der Waals surface area contributed by atoms with Crippen LogP contribution >= 0.6 is 0 Å². The van der Waals surface area contributed by atoms with E-state index in [1.165, 1.54) is 6.20 Å². The van der Waals surface area contributed by atoms with Crippen LogP contribution < -0.4 is 11.1 Å². The van der Waals surface area contributed by atoms with E-state index in [1.54, 1.807) is 19.1 Å². The zero-order chi connectivity index (χ0) is 23.4. The van der Waals surface area contributed by atoms with E-state index < -0.39 is 18.1 Å². The van der Waals surface area contributed by atoms with Gasteiger partial charge in [0.25, 0.3) is 11.9 Å². The van der Waals surface area contributed by atoms with Gasteiger partial charge in [-0.1, -0.05) is 48.5 Å². The second-order valence-corrected chi connectivity index (χ2v) is 7.15. The molecule has 1 aliphatic rings. The molecule has 0 aliphatic carbocycles. The highest BCUT2D eigenvalue weighted by Gasteiger charge is 2.26. The number of amidine groups is 1. The Labute approximate surface area is 189 Å². The molecule has 0 spiro atoms. The standard InChI is InChI=1S/C24H19N7O2/c1-14-11-15(12-25)13-28-19(14)21(26)33-24(27)31-22-23(32)29-18-10-6-5-9-17(18)20(30-22)16-7-3-2-4-8-16/h2-11,13,22,26H,1H3,(H2,27,31)(H,29,32). The van der Waals surface area contributed by atoms with E-state index in [0.29, 0.717) is 22.5 Å². The first kappa shape index (κ1) is 21.4. The molecular formula is C24H19N7O2. The van der Waals surface area contributed by atoms with Crippen molar-refractivity contribution < 1.29 is 9.53 Å². The third-order valence-corrected chi connectivity index (χ3v) is 4.85. The Kier molecular flexibility index (Phi) is 5.91. The van der Waals surface area contributed by atoms with E-state index in [4.69, 9.17) is 21.1 Å². The Morgan fingerprint density at radius 2 is 1.94 bits per heavy atom. The molecule has 2 aromatic carbocycles. The molecule has 162 valence electrons. The van der Waals surface area contributed by atoms with E-state index in [2.05, 4.69) is 20.3 Å². The number of anilines is 1. The van der Waals surface area contributed by atoms with Crippen LogP contribution in [0.3, 0.4) is 0 Å². The van der Waals surface area contributed by atoms with Crippen LogP contribution in [0.5, 0.6) is 0 Å². The number of fused-ring (bicyclic) bond motifs is 1. The smallest absolute Gasteiger partial charge is 0.291 e. The number of ether oxygens (including phenoxy) is 1. The number of pyridine rings is 1. The number of aromatic nitrogens is 1. The molecule has 1 amide bonds. The SMILES string of the molecule is Cc1cc(C#N)cnc1C(=N)O/C(N)=N/C1N=C(c2ccccc2)c2ccccc2NC1=O. The van der Waals surface area contributed by atoms with Gasteiger partial charge >= 0.3 is 0 Å². The number of nitrogens with two attached hydrogens (primary N) is 1. The lowest BCUT2D eigenvalue weighted by atomic mass is 10.0. The van der Waals surface area contributed by atoms with Gasteiger partial charge in [0.05, 0.1) is 17.0 Å². The molecule has 9 nitrogen and oxygen atoms in total. The first-order valence-corrected chi connectivity index (χ1v) is 9.96. The zero-order valence-corrected chi connectivity index (χ0v) is 17.6. The van der Waals surface area contributed by atoms with Crippen molar-refractivity contribution in [2.75, 3.05) is 5.32 Å². The fourth-order valence-corrected chi connectivity index (χ4v) is 3.33. The first-order valence-electron chi connectivity index (χ1n) is 9.96. The van der Waals surface area contributed by atoms with Gasteiger partial charge < -0.3 is 15.8 Å². The Balaban J connectivity index is 1.66. The number of rotatable bonds is 3. The molecule has 1 unspecified atom stereocenters. The normalized spacial score (nSPS) is 15.4. The number of aliphatic imine (C=N–C) groups is 2. The highest BCUT2D eigenvalue weighted by atomic mass is 16.5. The summed E-state index contributed by atoms with van der Waals surface area (Å²) < 4.78 is 5.32. The number of nitrogens with one attached hydrogen (secondary N) is 2. The minimum atomic E-state index is -1.23. The number of nitrogens with zero attached hydrogens (tertiary/aromatic N) is 4. The molecule has 0 bridgehead atoms. The van der Waals surface area contributed by atoms with Crippen molar-refractivity contribution in [3.63, 3.8) is 0 Å². The zero-order valence-electron chi connectivity index (χ0n) is 17.6. The molecular weight excluding hydrogens is 418 g/mol. The Hall–Kier alpha value is -4.84. The Bertz CT molecular complexity index is 1340. The number of para-hydroxylation sites is 1. The Morgan fingerprint density at radius 3 is 2.67 bits per heavy atom. The largest absolute Gasteiger partial charge is 0.405 e. The summed E-state index contributed by atoms with van der Waals surface area (Å²) in [5, 5.41) is 19.9. The first-order chi connectivity index (χ1) is 16.0. The summed E-state index contributed by atoms with van der Waals surface area (Å²) in [5.41, 5.74) is 9.79. The van der Waals surface area contributed by atoms with Gasteiger partial charge in [0.15, 0.2) is 0 Å². The van der Waals surface area contributed by atoms with Gasteiger partial charge in [-0.05, 0) is 24.6 Å². The van der Waals surface area contributed by atoms with Crippen LogP contribution in [-0.2, 0) is 9.53 Å². The molecule has 4 rings (SSSR count). The maximum atomic E-state index is 12.8. The maximum Gasteiger partial charge on any atom is 0.291 e. The lowest BCUT2D eigenvalue weighted by Gasteiger charge is -2.10. The van der Waals surface area contributed by atoms with Crippen LogP contribution in [0.25, 0.3) is 0 Å². The Morgan fingerprint density at radius 1 is 1.21 bits per heavy atom. The number of carbonyl (C=O) groups is 1. The molecule has 9 heteroatoms. The van der Waals surface area contributed by atoms with Crippen LogP contribution in [-0.4, -0.2) is 34.7 Å². The van der Waals surface area contributed by atoms with Gasteiger partial charge in [0, 0.05) is 17.3 Å². The van der Waals surface area contributed by atoms with Crippen LogP contribution in [0.4, 0.5) is 5.69 Å². The van der Waals surface area contributed by atoms with Crippen LogP contribution in [0, 0.1) is 23.7 Å². The third-order valence-electron chi connectivity index (χ3n) is 4.85. The van der Waals surface area contributed by atoms with E-state index in [1.807, 2.05) is 54.6 Å². The van der Waals surface area contributed by atoms with Crippen molar-refractivity contribution in [2.24, 2.45) is 15.7 Å². The summed E-state index contributed by atoms with van der Waals surface area (Å²) in [6.45, 7) is 1.70. The molecule has 1 aliphatic heterocycles. The van der Waals surface area contributed by atoms with Crippen LogP contribution in [0.1, 0.15) is 27.9 Å². The van der Waals surface area contributed by atoms with Gasteiger partial charge in [-0.25, -0.2) is 9.98 Å². The molecule has 33 heavy (non-hydrogen) atoms. The van der Waals surface area contributed by atoms with Crippen molar-refractivity contribution in [2.45, 2.75) is 13.1 Å². The quantitative estimate of drug-likeness (QED) is 0.425. The molecule has 2 heterocycles. The molecule has 1 aromatic heterocycles. The predicted octanol–water partition coefficient (Wildman–Crippen LogP) is 2.73. The fraction of sp³-hybridized carbons (Fsp3) is 0.0833. The average molecular weight is 437 g/mol. The van der Waals surface area contributed by atoms with Gasteiger partial charge in [0.1, 0.15) is 11.8 Å². The number of benzene rings is 2. The lowest BCUT2D eigenvalue weighted by Crippen LogP contribution is -2.29. The number of nitriles is 1. The van der Waals surface area contributed by atoms with Crippen molar-refractivity contribution in [1.82, 2.24) is 4.98 Å². The summed E-state index contributed by atoms with van der Waals surface area (Å²) >= 11 is 0. The van der Waals surface area contributed by atoms with E-state index in [0.717, 1.165) is 11.1 Å². The third kappa shape index (κ3) is 4.60. The van der Waals surface area contributed by atoms with Gasteiger partial charge in [-0.15, -0.1) is 0 Å². The van der Waals surface area contributed by atoms with Gasteiger partial charge in [-0.2, -0.15) is 10.3 Å². The molecule has 0 radical (unpaired) electrons. The van der Waals surface area contributed by atoms with Crippen molar-refractivity contribution in [3.8, 4) is 6.07 Å². The number of hydrogen-bond acceptors (Lipinski definition) is 7. The minimum Gasteiger partial charge on any atom is -0.405 e. The van der Waals surface area contributed by atoms with Crippen molar-refractivity contribution in [3.05, 3.63) is 94.8 Å². The van der Waals surface area contributed by atoms with Crippen LogP contribution in [0.15, 0.2) is 76.8 Å². The fourth-order valence-electron chi connectivity index (χ4n) is 3.33. The van der Waals surface area contributed by atoms with Gasteiger partial charge in [0.2, 0.25) is 12.1 Å². The highest BCUT2D eigenvalue weighted by Crippen LogP contribution is 2.24. The van der Waals surface area contributed by atoms with Crippen molar-refractivity contribution >= 4 is 29.2 Å². The second-order valence-electron chi connectivity index (χ2n) is 7.15. The second kappa shape index (κ2) is 9.11. The number of amides is 1. The minimum absolute atomic E-state index is 0.207. The number of hydrogen-bond donors (Lipinski definition) is 3. The molecule has 0 saturated carbocycles. The summed E-state index contributed by atoms with van der Waals surface area (Å²) in [6, 6.07) is 19.9. The van der Waals surface area contributed by atoms with E-state index >= 15 is 0 Å². The monoisotopic (exact) mass is 437 g/mol. The molecule has 3 aromatic rings. The summed E-state index contributed by atoms with van der Waals surface area (Å²) in [5.74, 6) is -0.845. The van der Waals surface area contributed by atoms with Gasteiger partial charge in [-0.3, -0.25) is 10.2 Å². The van der Waals surface area contributed by atoms with E-state index in [-0.39, 0.29) is 11.6 Å². The molecule has 1 atom stereocenters. The molecule has 0 saturated heterocycles. The number of aryl methyl sites for hydroxylation is 1. The average Bonchev–Trinajstić information content (AvgIpc) is 2.95. The lowest BCUT2D eigenvalue weighted by molar-refractivity contribution is -0.117. The number of carbonyl (C=O) groups excluding carboxylic acids is 1. The summed E-state index contributed by atoms with van der Waals surface area (Å²) in [4.78, 5) is 25.6. The predicted molar refractivity (Wildman–Crippen MR) is 124 cm³/mol. The van der Waals surface area contributed by atoms with Crippen molar-refractivity contribution in [1.29, 1.82) is 10.7 Å². The summed E-state index contributed by atoms with van der Waals surface area (Å²) in [7, 11) is 0. The van der Waals surface area contributed by atoms with Crippen LogP contribution in [0.2, 0.25) is 0 Å². The highest BCUT2D eigenvalue weighted by molar-refractivity contribution is 6.19. The molecule has 0 fully saturated rings. The molecule has 4 N–H and O–H groups in total. The number of benzodiazepines with no additional fused rings is 1. The summed E-state index contributed by atoms with van der Waals surface area (Å²) in [6.07, 6.45) is 0.107. The van der Waals surface area contributed by atoms with E-state index in [9.17, 15) is 4.79 Å². The topological polar surface area (TPSA) is 150 Å².